The van der Waals surface area contributed by atoms with Crippen molar-refractivity contribution in [3.63, 3.8) is 0 Å². The maximum absolute atomic E-state index is 12.9. The van der Waals surface area contributed by atoms with Crippen LogP contribution in [0.15, 0.2) is 30.5 Å². The highest BCUT2D eigenvalue weighted by atomic mass is 16.4. The molecule has 1 unspecified atom stereocenters. The quantitative estimate of drug-likeness (QED) is 0.585. The predicted octanol–water partition coefficient (Wildman–Crippen LogP) is 2.22. The maximum atomic E-state index is 12.9. The molecule has 1 aliphatic carbocycles. The number of para-hydroxylation sites is 1. The van der Waals surface area contributed by atoms with Crippen LogP contribution >= 0.6 is 0 Å². The van der Waals surface area contributed by atoms with E-state index in [0.717, 1.165) is 16.5 Å². The van der Waals surface area contributed by atoms with E-state index in [9.17, 15) is 14.4 Å². The fourth-order valence-corrected chi connectivity index (χ4v) is 3.71. The standard InChI is InChI=1S/C21H27N3O4/c1-12(2)19(25)24-18(10-14-11-22-17-6-4-3-5-16(14)17)20(26)23-15-8-7-13(9-15)21(27)28/h3-6,11-13,15,18,22H,7-10H2,1-2H3,(H,23,26)(H,24,25)(H,27,28)/t13-,15+,18?/m1/s1. The van der Waals surface area contributed by atoms with Gasteiger partial charge in [0.2, 0.25) is 11.8 Å². The summed E-state index contributed by atoms with van der Waals surface area (Å²) in [6.45, 7) is 3.56. The lowest BCUT2D eigenvalue weighted by molar-refractivity contribution is -0.141. The number of rotatable bonds is 7. The van der Waals surface area contributed by atoms with Crippen LogP contribution in [0, 0.1) is 11.8 Å². The zero-order chi connectivity index (χ0) is 20.3. The Kier molecular flexibility index (Phi) is 6.02. The zero-order valence-electron chi connectivity index (χ0n) is 16.2. The number of carboxylic acids is 1. The minimum absolute atomic E-state index is 0.171. The number of aliphatic carboxylic acids is 1. The summed E-state index contributed by atoms with van der Waals surface area (Å²) in [6.07, 6.45) is 3.86. The zero-order valence-corrected chi connectivity index (χ0v) is 16.2. The number of hydrogen-bond donors (Lipinski definition) is 4. The molecule has 150 valence electrons. The average Bonchev–Trinajstić information content (AvgIpc) is 3.28. The van der Waals surface area contributed by atoms with Gasteiger partial charge in [0.15, 0.2) is 0 Å². The molecule has 7 nitrogen and oxygen atoms in total. The van der Waals surface area contributed by atoms with Crippen molar-refractivity contribution in [2.45, 2.75) is 51.6 Å². The molecule has 1 aromatic heterocycles. The lowest BCUT2D eigenvalue weighted by Crippen LogP contribution is -2.51. The third-order valence-electron chi connectivity index (χ3n) is 5.38. The van der Waals surface area contributed by atoms with E-state index >= 15 is 0 Å². The Morgan fingerprint density at radius 2 is 1.93 bits per heavy atom. The Hall–Kier alpha value is -2.83. The van der Waals surface area contributed by atoms with Crippen molar-refractivity contribution in [2.24, 2.45) is 11.8 Å². The van der Waals surface area contributed by atoms with Gasteiger partial charge < -0.3 is 20.7 Å². The van der Waals surface area contributed by atoms with Crippen molar-refractivity contribution < 1.29 is 19.5 Å². The van der Waals surface area contributed by atoms with Gasteiger partial charge in [0, 0.05) is 35.5 Å². The number of carbonyl (C=O) groups is 3. The van der Waals surface area contributed by atoms with E-state index in [2.05, 4.69) is 15.6 Å². The first-order chi connectivity index (χ1) is 13.3. The van der Waals surface area contributed by atoms with Crippen molar-refractivity contribution in [3.05, 3.63) is 36.0 Å². The van der Waals surface area contributed by atoms with Gasteiger partial charge in [0.05, 0.1) is 5.92 Å². The first kappa shape index (κ1) is 19.9. The molecule has 0 aliphatic heterocycles. The van der Waals surface area contributed by atoms with Crippen LogP contribution in [0.25, 0.3) is 10.9 Å². The second kappa shape index (κ2) is 8.46. The molecule has 1 saturated carbocycles. The first-order valence-electron chi connectivity index (χ1n) is 9.73. The number of carbonyl (C=O) groups excluding carboxylic acids is 2. The average molecular weight is 385 g/mol. The summed E-state index contributed by atoms with van der Waals surface area (Å²) >= 11 is 0. The van der Waals surface area contributed by atoms with Gasteiger partial charge in [-0.1, -0.05) is 32.0 Å². The van der Waals surface area contributed by atoms with Gasteiger partial charge in [-0.05, 0) is 30.9 Å². The molecule has 3 rings (SSSR count). The highest BCUT2D eigenvalue weighted by Gasteiger charge is 2.32. The van der Waals surface area contributed by atoms with Gasteiger partial charge in [-0.2, -0.15) is 0 Å². The molecule has 28 heavy (non-hydrogen) atoms. The smallest absolute Gasteiger partial charge is 0.306 e. The van der Waals surface area contributed by atoms with Gasteiger partial charge >= 0.3 is 5.97 Å². The monoisotopic (exact) mass is 385 g/mol. The summed E-state index contributed by atoms with van der Waals surface area (Å²) in [7, 11) is 0. The molecule has 1 aromatic carbocycles. The Morgan fingerprint density at radius 1 is 1.18 bits per heavy atom. The third kappa shape index (κ3) is 4.52. The molecule has 0 radical (unpaired) electrons. The van der Waals surface area contributed by atoms with Gasteiger partial charge in [-0.25, -0.2) is 0 Å². The normalized spacial score (nSPS) is 20.2. The second-order valence-corrected chi connectivity index (χ2v) is 7.83. The molecule has 0 spiro atoms. The summed E-state index contributed by atoms with van der Waals surface area (Å²) in [5.41, 5.74) is 1.93. The number of nitrogens with one attached hydrogen (secondary N) is 3. The maximum Gasteiger partial charge on any atom is 0.306 e. The van der Waals surface area contributed by atoms with Crippen molar-refractivity contribution in [2.75, 3.05) is 0 Å². The number of aromatic nitrogens is 1. The Bertz CT molecular complexity index is 873. The molecular formula is C21H27N3O4. The number of hydrogen-bond acceptors (Lipinski definition) is 3. The van der Waals surface area contributed by atoms with Crippen LogP contribution in [-0.4, -0.2) is 40.0 Å². The lowest BCUT2D eigenvalue weighted by atomic mass is 10.0. The van der Waals surface area contributed by atoms with E-state index in [1.165, 1.54) is 0 Å². The van der Waals surface area contributed by atoms with E-state index in [0.29, 0.717) is 25.7 Å². The van der Waals surface area contributed by atoms with E-state index < -0.39 is 17.9 Å². The molecule has 1 fully saturated rings. The SMILES string of the molecule is CC(C)C(=O)NC(Cc1c[nH]c2ccccc12)C(=O)N[C@H]1CC[C@@H](C(=O)O)C1. The Balaban J connectivity index is 1.74. The minimum atomic E-state index is -0.819. The molecule has 3 atom stereocenters. The van der Waals surface area contributed by atoms with E-state index in [1.807, 2.05) is 30.5 Å². The van der Waals surface area contributed by atoms with Crippen molar-refractivity contribution >= 4 is 28.7 Å². The van der Waals surface area contributed by atoms with Crippen LogP contribution in [0.4, 0.5) is 0 Å². The van der Waals surface area contributed by atoms with Gasteiger partial charge in [-0.15, -0.1) is 0 Å². The van der Waals surface area contributed by atoms with Crippen LogP contribution in [0.1, 0.15) is 38.7 Å². The molecular weight excluding hydrogens is 358 g/mol. The lowest BCUT2D eigenvalue weighted by Gasteiger charge is -2.22. The van der Waals surface area contributed by atoms with Crippen molar-refractivity contribution in [3.8, 4) is 0 Å². The van der Waals surface area contributed by atoms with Gasteiger partial charge in [-0.3, -0.25) is 14.4 Å². The molecule has 0 bridgehead atoms. The third-order valence-corrected chi connectivity index (χ3v) is 5.38. The molecule has 2 aromatic rings. The minimum Gasteiger partial charge on any atom is -0.481 e. The molecule has 4 N–H and O–H groups in total. The molecule has 7 heteroatoms. The number of H-pyrrole nitrogens is 1. The second-order valence-electron chi connectivity index (χ2n) is 7.83. The summed E-state index contributed by atoms with van der Waals surface area (Å²) in [5, 5.41) is 16.0. The summed E-state index contributed by atoms with van der Waals surface area (Å²) < 4.78 is 0. The summed E-state index contributed by atoms with van der Waals surface area (Å²) in [4.78, 5) is 39.5. The number of carboxylic acid groups (broad SMARTS) is 1. The van der Waals surface area contributed by atoms with Crippen LogP contribution < -0.4 is 10.6 Å². The molecule has 2 amide bonds. The largest absolute Gasteiger partial charge is 0.481 e. The fourth-order valence-electron chi connectivity index (χ4n) is 3.71. The first-order valence-corrected chi connectivity index (χ1v) is 9.73. The van der Waals surface area contributed by atoms with Crippen LogP contribution in [0.5, 0.6) is 0 Å². The predicted molar refractivity (Wildman–Crippen MR) is 106 cm³/mol. The number of amides is 2. The Morgan fingerprint density at radius 3 is 2.61 bits per heavy atom. The summed E-state index contributed by atoms with van der Waals surface area (Å²) in [6, 6.07) is 6.94. The molecule has 1 aliphatic rings. The Labute approximate surface area is 163 Å². The number of benzene rings is 1. The fraction of sp³-hybridized carbons (Fsp3) is 0.476. The van der Waals surface area contributed by atoms with Crippen LogP contribution in [0.3, 0.4) is 0 Å². The number of fused-ring (bicyclic) bond motifs is 1. The highest BCUT2D eigenvalue weighted by Crippen LogP contribution is 2.26. The van der Waals surface area contributed by atoms with E-state index in [-0.39, 0.29) is 23.8 Å². The molecule has 0 saturated heterocycles. The van der Waals surface area contributed by atoms with Crippen LogP contribution in [-0.2, 0) is 20.8 Å². The van der Waals surface area contributed by atoms with E-state index in [4.69, 9.17) is 5.11 Å². The highest BCUT2D eigenvalue weighted by molar-refractivity contribution is 5.90. The van der Waals surface area contributed by atoms with Gasteiger partial charge in [0.25, 0.3) is 0 Å². The van der Waals surface area contributed by atoms with Crippen LogP contribution in [0.2, 0.25) is 0 Å². The van der Waals surface area contributed by atoms with E-state index in [1.54, 1.807) is 13.8 Å². The van der Waals surface area contributed by atoms with Crippen molar-refractivity contribution in [1.82, 2.24) is 15.6 Å². The summed E-state index contributed by atoms with van der Waals surface area (Å²) in [5.74, 6) is -1.92. The van der Waals surface area contributed by atoms with Gasteiger partial charge in [0.1, 0.15) is 6.04 Å². The van der Waals surface area contributed by atoms with Crippen molar-refractivity contribution in [1.29, 1.82) is 0 Å². The topological polar surface area (TPSA) is 111 Å². The molecule has 1 heterocycles. The number of aromatic amines is 1.